The molecule has 6 nitrogen and oxygen atoms in total. The zero-order valence-corrected chi connectivity index (χ0v) is 17.0. The molecule has 0 radical (unpaired) electrons. The van der Waals surface area contributed by atoms with Crippen LogP contribution in [0.5, 0.6) is 0 Å². The maximum Gasteiger partial charge on any atom is 0.325 e. The highest BCUT2D eigenvalue weighted by molar-refractivity contribution is 6.07. The van der Waals surface area contributed by atoms with Gasteiger partial charge in [-0.1, -0.05) is 61.4 Å². The van der Waals surface area contributed by atoms with Gasteiger partial charge in [0.2, 0.25) is 5.91 Å². The molecule has 2 aromatic carbocycles. The van der Waals surface area contributed by atoms with Crippen LogP contribution in [0.4, 0.5) is 10.5 Å². The Balaban J connectivity index is 1.43. The predicted octanol–water partition coefficient (Wildman–Crippen LogP) is 3.52. The number of amides is 4. The number of para-hydroxylation sites is 1. The lowest BCUT2D eigenvalue weighted by molar-refractivity contribution is -0.131. The Bertz CT molecular complexity index is 908. The lowest BCUT2D eigenvalue weighted by Gasteiger charge is -2.24. The number of hydrogen-bond donors (Lipinski definition) is 1. The predicted molar refractivity (Wildman–Crippen MR) is 115 cm³/mol. The highest BCUT2D eigenvalue weighted by Gasteiger charge is 2.52. The second kappa shape index (κ2) is 8.69. The van der Waals surface area contributed by atoms with Gasteiger partial charge in [-0.2, -0.15) is 0 Å². The van der Waals surface area contributed by atoms with Crippen molar-refractivity contribution in [3.63, 3.8) is 0 Å². The first-order chi connectivity index (χ1) is 14.6. The van der Waals surface area contributed by atoms with Crippen molar-refractivity contribution in [2.24, 2.45) is 0 Å². The van der Waals surface area contributed by atoms with Gasteiger partial charge in [0, 0.05) is 25.2 Å². The maximum atomic E-state index is 13.1. The minimum Gasteiger partial charge on any atom is -0.323 e. The Hall–Kier alpha value is -3.15. The molecule has 30 heavy (non-hydrogen) atoms. The molecule has 1 aliphatic carbocycles. The van der Waals surface area contributed by atoms with Crippen LogP contribution in [0.15, 0.2) is 60.7 Å². The number of carbonyl (C=O) groups is 3. The summed E-state index contributed by atoms with van der Waals surface area (Å²) in [5.74, 6) is -0.265. The number of hydrogen-bond acceptors (Lipinski definition) is 3. The van der Waals surface area contributed by atoms with Crippen molar-refractivity contribution in [3.05, 3.63) is 66.2 Å². The fourth-order valence-electron chi connectivity index (χ4n) is 4.43. The second-order valence-electron chi connectivity index (χ2n) is 8.04. The monoisotopic (exact) mass is 405 g/mol. The van der Waals surface area contributed by atoms with Crippen LogP contribution in [0.1, 0.15) is 37.7 Å². The first-order valence-electron chi connectivity index (χ1n) is 10.6. The smallest absolute Gasteiger partial charge is 0.323 e. The summed E-state index contributed by atoms with van der Waals surface area (Å²) in [6.45, 7) is 0.650. The number of carbonyl (C=O) groups excluding carboxylic acids is 3. The zero-order chi connectivity index (χ0) is 21.0. The number of anilines is 1. The van der Waals surface area contributed by atoms with Crippen molar-refractivity contribution in [2.75, 3.05) is 18.0 Å². The van der Waals surface area contributed by atoms with Gasteiger partial charge in [-0.25, -0.2) is 4.79 Å². The molecule has 156 valence electrons. The lowest BCUT2D eigenvalue weighted by Crippen LogP contribution is -2.44. The van der Waals surface area contributed by atoms with E-state index in [1.165, 1.54) is 4.90 Å². The Morgan fingerprint density at radius 3 is 2.27 bits per heavy atom. The first kappa shape index (κ1) is 20.1. The second-order valence-corrected chi connectivity index (χ2v) is 8.04. The van der Waals surface area contributed by atoms with E-state index in [0.717, 1.165) is 30.5 Å². The number of rotatable bonds is 7. The standard InChI is InChI=1S/C24H27N3O3/c28-21(14-18-27-22(29)24(25-23(27)30)15-7-8-16-24)26(20-11-5-2-6-12-20)17-13-19-9-3-1-4-10-19/h1-6,9-12H,7-8,13-18H2,(H,25,30). The van der Waals surface area contributed by atoms with Crippen LogP contribution in [0.25, 0.3) is 0 Å². The molecule has 2 fully saturated rings. The third kappa shape index (κ3) is 4.08. The van der Waals surface area contributed by atoms with E-state index in [9.17, 15) is 14.4 Å². The Morgan fingerprint density at radius 2 is 1.60 bits per heavy atom. The van der Waals surface area contributed by atoms with E-state index in [-0.39, 0.29) is 30.8 Å². The molecule has 6 heteroatoms. The maximum absolute atomic E-state index is 13.1. The van der Waals surface area contributed by atoms with E-state index >= 15 is 0 Å². The fraction of sp³-hybridized carbons (Fsp3) is 0.375. The van der Waals surface area contributed by atoms with E-state index in [1.54, 1.807) is 4.90 Å². The molecular formula is C24H27N3O3. The summed E-state index contributed by atoms with van der Waals surface area (Å²) < 4.78 is 0. The summed E-state index contributed by atoms with van der Waals surface area (Å²) in [6.07, 6.45) is 4.11. The normalized spacial score (nSPS) is 17.4. The third-order valence-electron chi connectivity index (χ3n) is 6.09. The number of urea groups is 1. The topological polar surface area (TPSA) is 69.7 Å². The average Bonchev–Trinajstić information content (AvgIpc) is 3.33. The molecule has 1 spiro atoms. The summed E-state index contributed by atoms with van der Waals surface area (Å²) in [5, 5.41) is 2.87. The van der Waals surface area contributed by atoms with Gasteiger partial charge < -0.3 is 10.2 Å². The van der Waals surface area contributed by atoms with Crippen LogP contribution in [-0.2, 0) is 16.0 Å². The van der Waals surface area contributed by atoms with Crippen molar-refractivity contribution in [1.29, 1.82) is 0 Å². The van der Waals surface area contributed by atoms with E-state index < -0.39 is 5.54 Å². The molecule has 1 saturated carbocycles. The average molecular weight is 405 g/mol. The summed E-state index contributed by atoms with van der Waals surface area (Å²) >= 11 is 0. The van der Waals surface area contributed by atoms with Crippen molar-refractivity contribution in [1.82, 2.24) is 10.2 Å². The van der Waals surface area contributed by atoms with Crippen LogP contribution in [0.3, 0.4) is 0 Å². The van der Waals surface area contributed by atoms with Gasteiger partial charge in [0.15, 0.2) is 0 Å². The molecular weight excluding hydrogens is 378 g/mol. The van der Waals surface area contributed by atoms with Crippen molar-refractivity contribution >= 4 is 23.5 Å². The Labute approximate surface area is 176 Å². The van der Waals surface area contributed by atoms with Gasteiger partial charge in [0.25, 0.3) is 5.91 Å². The highest BCUT2D eigenvalue weighted by atomic mass is 16.2. The summed E-state index contributed by atoms with van der Waals surface area (Å²) in [5.41, 5.74) is 1.25. The van der Waals surface area contributed by atoms with Gasteiger partial charge in [0.1, 0.15) is 5.54 Å². The van der Waals surface area contributed by atoms with Crippen molar-refractivity contribution in [2.45, 2.75) is 44.1 Å². The summed E-state index contributed by atoms with van der Waals surface area (Å²) in [4.78, 5) is 41.3. The molecule has 0 atom stereocenters. The third-order valence-corrected chi connectivity index (χ3v) is 6.09. The van der Waals surface area contributed by atoms with E-state index in [1.807, 2.05) is 60.7 Å². The van der Waals surface area contributed by atoms with E-state index in [4.69, 9.17) is 0 Å². The molecule has 2 aromatic rings. The summed E-state index contributed by atoms with van der Waals surface area (Å²) in [6, 6.07) is 19.2. The molecule has 4 rings (SSSR count). The van der Waals surface area contributed by atoms with Crippen LogP contribution >= 0.6 is 0 Å². The quantitative estimate of drug-likeness (QED) is 0.717. The van der Waals surface area contributed by atoms with Gasteiger partial charge in [-0.05, 0) is 37.0 Å². The van der Waals surface area contributed by atoms with Gasteiger partial charge >= 0.3 is 6.03 Å². The molecule has 0 unspecified atom stereocenters. The fourth-order valence-corrected chi connectivity index (χ4v) is 4.43. The molecule has 4 amide bonds. The highest BCUT2D eigenvalue weighted by Crippen LogP contribution is 2.35. The molecule has 1 aliphatic heterocycles. The van der Waals surface area contributed by atoms with Crippen molar-refractivity contribution in [3.8, 4) is 0 Å². The molecule has 0 bridgehead atoms. The molecule has 1 N–H and O–H groups in total. The SMILES string of the molecule is O=C1NC2(CCCC2)C(=O)N1CCC(=O)N(CCc1ccccc1)c1ccccc1. The molecule has 1 heterocycles. The van der Waals surface area contributed by atoms with Crippen LogP contribution in [-0.4, -0.2) is 41.4 Å². The largest absolute Gasteiger partial charge is 0.325 e. The first-order valence-corrected chi connectivity index (χ1v) is 10.6. The van der Waals surface area contributed by atoms with E-state index in [2.05, 4.69) is 5.32 Å². The molecule has 1 saturated heterocycles. The van der Waals surface area contributed by atoms with Crippen molar-refractivity contribution < 1.29 is 14.4 Å². The van der Waals surface area contributed by atoms with Gasteiger partial charge in [-0.15, -0.1) is 0 Å². The number of nitrogens with zero attached hydrogens (tertiary/aromatic N) is 2. The Morgan fingerprint density at radius 1 is 0.967 bits per heavy atom. The Kier molecular flexibility index (Phi) is 5.84. The lowest BCUT2D eigenvalue weighted by atomic mass is 9.98. The van der Waals surface area contributed by atoms with Crippen LogP contribution < -0.4 is 10.2 Å². The number of benzene rings is 2. The summed E-state index contributed by atoms with van der Waals surface area (Å²) in [7, 11) is 0. The molecule has 0 aromatic heterocycles. The number of imide groups is 1. The van der Waals surface area contributed by atoms with Gasteiger partial charge in [0.05, 0.1) is 0 Å². The zero-order valence-electron chi connectivity index (χ0n) is 17.0. The number of nitrogens with one attached hydrogen (secondary N) is 1. The molecule has 2 aliphatic rings. The van der Waals surface area contributed by atoms with Crippen LogP contribution in [0, 0.1) is 0 Å². The van der Waals surface area contributed by atoms with Gasteiger partial charge in [-0.3, -0.25) is 14.5 Å². The van der Waals surface area contributed by atoms with Crippen LogP contribution in [0.2, 0.25) is 0 Å². The minimum atomic E-state index is -0.730. The minimum absolute atomic E-state index is 0.0925. The van der Waals surface area contributed by atoms with E-state index in [0.29, 0.717) is 19.4 Å².